The molecule has 1 heterocycles. The fourth-order valence-electron chi connectivity index (χ4n) is 1.36. The van der Waals surface area contributed by atoms with Crippen molar-refractivity contribution in [2.24, 2.45) is 0 Å². The third-order valence-corrected chi connectivity index (χ3v) is 2.01. The molecule has 0 radical (unpaired) electrons. The fourth-order valence-corrected chi connectivity index (χ4v) is 1.36. The van der Waals surface area contributed by atoms with Crippen molar-refractivity contribution in [3.05, 3.63) is 18.2 Å². The largest absolute Gasteiger partial charge is 0.355 e. The predicted octanol–water partition coefficient (Wildman–Crippen LogP) is -0.407. The minimum Gasteiger partial charge on any atom is -0.355 e. The van der Waals surface area contributed by atoms with Gasteiger partial charge in [0.25, 0.3) is 0 Å². The molecule has 0 bridgehead atoms. The topological polar surface area (TPSA) is 86.9 Å². The maximum Gasteiger partial charge on any atom is 0.242 e. The number of aromatic amines is 1. The lowest BCUT2D eigenvalue weighted by Gasteiger charge is -2.15. The molecule has 0 spiro atoms. The number of H-pyrrole nitrogens is 1. The van der Waals surface area contributed by atoms with Crippen molar-refractivity contribution in [2.75, 3.05) is 6.54 Å². The lowest BCUT2D eigenvalue weighted by molar-refractivity contribution is -0.128. The first-order valence-electron chi connectivity index (χ1n) is 5.16. The first kappa shape index (κ1) is 12.2. The van der Waals surface area contributed by atoms with Gasteiger partial charge in [-0.3, -0.25) is 9.59 Å². The van der Waals surface area contributed by atoms with E-state index in [2.05, 4.69) is 20.6 Å². The quantitative estimate of drug-likeness (QED) is 0.635. The summed E-state index contributed by atoms with van der Waals surface area (Å²) in [5.74, 6) is -0.424. The molecule has 1 unspecified atom stereocenters. The van der Waals surface area contributed by atoms with Crippen LogP contribution in [0.2, 0.25) is 0 Å². The minimum atomic E-state index is -0.569. The maximum atomic E-state index is 11.6. The molecule has 6 nitrogen and oxygen atoms in total. The van der Waals surface area contributed by atoms with Crippen molar-refractivity contribution in [3.8, 4) is 0 Å². The zero-order valence-electron chi connectivity index (χ0n) is 9.41. The molecular formula is C10H16N4O2. The number of nitrogens with zero attached hydrogens (tertiary/aromatic N) is 1. The van der Waals surface area contributed by atoms with Crippen LogP contribution < -0.4 is 10.6 Å². The van der Waals surface area contributed by atoms with Gasteiger partial charge < -0.3 is 15.6 Å². The lowest BCUT2D eigenvalue weighted by atomic mass is 10.1. The normalized spacial score (nSPS) is 11.9. The van der Waals surface area contributed by atoms with Crippen molar-refractivity contribution in [1.29, 1.82) is 0 Å². The number of hydrogen-bond acceptors (Lipinski definition) is 3. The number of carbonyl (C=O) groups excluding carboxylic acids is 2. The maximum absolute atomic E-state index is 11.6. The molecular weight excluding hydrogens is 208 g/mol. The Morgan fingerprint density at radius 1 is 1.56 bits per heavy atom. The van der Waals surface area contributed by atoms with E-state index in [-0.39, 0.29) is 11.8 Å². The number of hydrogen-bond donors (Lipinski definition) is 3. The van der Waals surface area contributed by atoms with E-state index < -0.39 is 6.04 Å². The summed E-state index contributed by atoms with van der Waals surface area (Å²) in [6.45, 7) is 3.75. The van der Waals surface area contributed by atoms with Crippen LogP contribution in [-0.2, 0) is 16.0 Å². The fraction of sp³-hybridized carbons (Fsp3) is 0.500. The van der Waals surface area contributed by atoms with E-state index in [9.17, 15) is 9.59 Å². The summed E-state index contributed by atoms with van der Waals surface area (Å²) in [5, 5.41) is 5.27. The van der Waals surface area contributed by atoms with Crippen LogP contribution in [0.25, 0.3) is 0 Å². The molecule has 0 aliphatic rings. The van der Waals surface area contributed by atoms with Gasteiger partial charge in [-0.2, -0.15) is 0 Å². The number of rotatable bonds is 5. The Bertz CT molecular complexity index is 348. The third-order valence-electron chi connectivity index (χ3n) is 2.01. The van der Waals surface area contributed by atoms with Crippen LogP contribution in [0.4, 0.5) is 0 Å². The molecule has 3 N–H and O–H groups in total. The molecule has 0 fully saturated rings. The van der Waals surface area contributed by atoms with Gasteiger partial charge in [0.2, 0.25) is 11.8 Å². The average Bonchev–Trinajstić information content (AvgIpc) is 2.69. The van der Waals surface area contributed by atoms with Gasteiger partial charge in [-0.1, -0.05) is 0 Å². The summed E-state index contributed by atoms with van der Waals surface area (Å²) in [6, 6.07) is -0.569. The molecule has 16 heavy (non-hydrogen) atoms. The van der Waals surface area contributed by atoms with Crippen LogP contribution in [0, 0.1) is 0 Å². The summed E-state index contributed by atoms with van der Waals surface area (Å²) >= 11 is 0. The number of nitrogens with one attached hydrogen (secondary N) is 3. The highest BCUT2D eigenvalue weighted by molar-refractivity contribution is 5.86. The lowest BCUT2D eigenvalue weighted by Crippen LogP contribution is -2.47. The van der Waals surface area contributed by atoms with Gasteiger partial charge in [0, 0.05) is 26.1 Å². The van der Waals surface area contributed by atoms with Crippen LogP contribution in [-0.4, -0.2) is 34.4 Å². The number of imidazole rings is 1. The first-order valence-corrected chi connectivity index (χ1v) is 5.16. The second-order valence-corrected chi connectivity index (χ2v) is 3.41. The highest BCUT2D eigenvalue weighted by atomic mass is 16.2. The molecule has 2 amide bonds. The Labute approximate surface area is 93.8 Å². The van der Waals surface area contributed by atoms with Crippen LogP contribution in [0.1, 0.15) is 19.5 Å². The molecule has 1 atom stereocenters. The van der Waals surface area contributed by atoms with E-state index in [1.54, 1.807) is 6.20 Å². The Balaban J connectivity index is 2.63. The Hall–Kier alpha value is -1.85. The number of carbonyl (C=O) groups is 2. The highest BCUT2D eigenvalue weighted by Crippen LogP contribution is 1.98. The third kappa shape index (κ3) is 3.72. The van der Waals surface area contributed by atoms with Crippen molar-refractivity contribution in [1.82, 2.24) is 20.6 Å². The van der Waals surface area contributed by atoms with Gasteiger partial charge in [0.05, 0.1) is 12.0 Å². The molecule has 88 valence electrons. The van der Waals surface area contributed by atoms with Gasteiger partial charge in [-0.25, -0.2) is 4.98 Å². The second-order valence-electron chi connectivity index (χ2n) is 3.41. The number of aromatic nitrogens is 2. The Morgan fingerprint density at radius 2 is 2.31 bits per heavy atom. The van der Waals surface area contributed by atoms with Crippen LogP contribution in [0.5, 0.6) is 0 Å². The smallest absolute Gasteiger partial charge is 0.242 e. The van der Waals surface area contributed by atoms with Crippen molar-refractivity contribution in [2.45, 2.75) is 26.3 Å². The van der Waals surface area contributed by atoms with E-state index in [0.29, 0.717) is 13.0 Å². The van der Waals surface area contributed by atoms with Crippen molar-refractivity contribution >= 4 is 11.8 Å². The summed E-state index contributed by atoms with van der Waals surface area (Å²) in [5.41, 5.74) is 0.741. The van der Waals surface area contributed by atoms with E-state index in [1.807, 2.05) is 6.92 Å². The minimum absolute atomic E-state index is 0.194. The summed E-state index contributed by atoms with van der Waals surface area (Å²) < 4.78 is 0. The molecule has 1 aromatic heterocycles. The highest BCUT2D eigenvalue weighted by Gasteiger charge is 2.19. The van der Waals surface area contributed by atoms with Gasteiger partial charge in [0.15, 0.2) is 0 Å². The number of amides is 2. The Morgan fingerprint density at radius 3 is 2.81 bits per heavy atom. The van der Waals surface area contributed by atoms with Gasteiger partial charge in [-0.15, -0.1) is 0 Å². The van der Waals surface area contributed by atoms with Gasteiger partial charge >= 0.3 is 0 Å². The average molecular weight is 224 g/mol. The van der Waals surface area contributed by atoms with Crippen LogP contribution >= 0.6 is 0 Å². The molecule has 1 rings (SSSR count). The standard InChI is InChI=1S/C10H16N4O2/c1-3-12-10(16)9(14-7(2)15)4-8-5-11-6-13-8/h5-6,9H,3-4H2,1-2H3,(H,11,13)(H,12,16)(H,14,15). The molecule has 0 saturated carbocycles. The first-order chi connectivity index (χ1) is 7.63. The van der Waals surface area contributed by atoms with E-state index >= 15 is 0 Å². The van der Waals surface area contributed by atoms with Crippen LogP contribution in [0.15, 0.2) is 12.5 Å². The van der Waals surface area contributed by atoms with Gasteiger partial charge in [0.1, 0.15) is 6.04 Å². The molecule has 6 heteroatoms. The van der Waals surface area contributed by atoms with E-state index in [1.165, 1.54) is 13.3 Å². The molecule has 0 aliphatic heterocycles. The Kier molecular flexibility index (Phi) is 4.50. The summed E-state index contributed by atoms with van der Waals surface area (Å²) in [4.78, 5) is 29.4. The van der Waals surface area contributed by atoms with Gasteiger partial charge in [-0.05, 0) is 6.92 Å². The zero-order valence-corrected chi connectivity index (χ0v) is 9.41. The monoisotopic (exact) mass is 224 g/mol. The molecule has 0 saturated heterocycles. The van der Waals surface area contributed by atoms with Crippen molar-refractivity contribution in [3.63, 3.8) is 0 Å². The second kappa shape index (κ2) is 5.89. The van der Waals surface area contributed by atoms with E-state index in [0.717, 1.165) is 5.69 Å². The molecule has 0 aromatic carbocycles. The molecule has 1 aromatic rings. The zero-order chi connectivity index (χ0) is 12.0. The molecule has 0 aliphatic carbocycles. The SMILES string of the molecule is CCNC(=O)C(Cc1c[nH]cn1)NC(C)=O. The van der Waals surface area contributed by atoms with Crippen molar-refractivity contribution < 1.29 is 9.59 Å². The van der Waals surface area contributed by atoms with E-state index in [4.69, 9.17) is 0 Å². The number of likely N-dealkylation sites (N-methyl/N-ethyl adjacent to an activating group) is 1. The summed E-state index contributed by atoms with van der Waals surface area (Å²) in [6.07, 6.45) is 3.63. The summed E-state index contributed by atoms with van der Waals surface area (Å²) in [7, 11) is 0. The van der Waals surface area contributed by atoms with Crippen LogP contribution in [0.3, 0.4) is 0 Å². The predicted molar refractivity (Wildman–Crippen MR) is 58.6 cm³/mol.